The molecule has 0 N–H and O–H groups in total. The fourth-order valence-corrected chi connectivity index (χ4v) is 2.40. The third-order valence-electron chi connectivity index (χ3n) is 1.96. The van der Waals surface area contributed by atoms with E-state index >= 15 is 0 Å². The molecule has 0 aliphatic rings. The minimum atomic E-state index is -3.36. The molecule has 3 nitrogen and oxygen atoms in total. The van der Waals surface area contributed by atoms with Crippen LogP contribution in [-0.2, 0) is 20.9 Å². The molecule has 2 rings (SSSR count). The Morgan fingerprint density at radius 2 is 2.13 bits per heavy atom. The van der Waals surface area contributed by atoms with Crippen molar-refractivity contribution < 1.29 is 12.6 Å². The van der Waals surface area contributed by atoms with Crippen LogP contribution in [0.2, 0.25) is 0 Å². The van der Waals surface area contributed by atoms with Gasteiger partial charge >= 0.3 is 0 Å². The lowest BCUT2D eigenvalue weighted by atomic mass is 10.2. The van der Waals surface area contributed by atoms with Crippen LogP contribution in [-0.4, -0.2) is 14.7 Å². The van der Waals surface area contributed by atoms with Crippen LogP contribution >= 0.6 is 11.3 Å². The van der Waals surface area contributed by atoms with E-state index in [1.807, 2.05) is 29.6 Å². The SMILES string of the molecule is CS(=O)(=O)OCc1ccc2sccc2c1. The molecule has 2 aromatic rings. The number of benzene rings is 1. The van der Waals surface area contributed by atoms with Crippen molar-refractivity contribution in [1.29, 1.82) is 0 Å². The molecule has 5 heteroatoms. The van der Waals surface area contributed by atoms with Gasteiger partial charge < -0.3 is 0 Å². The van der Waals surface area contributed by atoms with Crippen LogP contribution in [0.15, 0.2) is 29.6 Å². The summed E-state index contributed by atoms with van der Waals surface area (Å²) in [5.74, 6) is 0. The summed E-state index contributed by atoms with van der Waals surface area (Å²) in [7, 11) is -3.36. The maximum absolute atomic E-state index is 10.8. The second-order valence-corrected chi connectivity index (χ2v) is 5.85. The van der Waals surface area contributed by atoms with Crippen LogP contribution in [0, 0.1) is 0 Å². The molecule has 80 valence electrons. The number of fused-ring (bicyclic) bond motifs is 1. The van der Waals surface area contributed by atoms with Crippen LogP contribution in [0.5, 0.6) is 0 Å². The molecular weight excluding hydrogens is 232 g/mol. The van der Waals surface area contributed by atoms with Gasteiger partial charge in [-0.2, -0.15) is 8.42 Å². The zero-order chi connectivity index (χ0) is 10.9. The van der Waals surface area contributed by atoms with E-state index in [4.69, 9.17) is 4.18 Å². The van der Waals surface area contributed by atoms with Gasteiger partial charge in [0.1, 0.15) is 0 Å². The van der Waals surface area contributed by atoms with Gasteiger partial charge in [-0.15, -0.1) is 11.3 Å². The van der Waals surface area contributed by atoms with Gasteiger partial charge in [-0.1, -0.05) is 6.07 Å². The summed E-state index contributed by atoms with van der Waals surface area (Å²) in [6, 6.07) is 7.80. The van der Waals surface area contributed by atoms with E-state index in [9.17, 15) is 8.42 Å². The minimum Gasteiger partial charge on any atom is -0.265 e. The molecule has 0 spiro atoms. The predicted octanol–water partition coefficient (Wildman–Crippen LogP) is 2.38. The van der Waals surface area contributed by atoms with Crippen molar-refractivity contribution in [2.24, 2.45) is 0 Å². The molecule has 0 aliphatic carbocycles. The Balaban J connectivity index is 2.21. The summed E-state index contributed by atoms with van der Waals surface area (Å²) >= 11 is 1.66. The monoisotopic (exact) mass is 242 g/mol. The number of hydrogen-bond donors (Lipinski definition) is 0. The summed E-state index contributed by atoms with van der Waals surface area (Å²) in [4.78, 5) is 0. The first-order valence-electron chi connectivity index (χ1n) is 4.35. The molecule has 0 saturated heterocycles. The molecule has 0 amide bonds. The van der Waals surface area contributed by atoms with Crippen molar-refractivity contribution >= 4 is 31.5 Å². The van der Waals surface area contributed by atoms with Gasteiger partial charge in [-0.25, -0.2) is 0 Å². The van der Waals surface area contributed by atoms with E-state index in [1.165, 1.54) is 4.70 Å². The lowest BCUT2D eigenvalue weighted by Gasteiger charge is -2.01. The highest BCUT2D eigenvalue weighted by molar-refractivity contribution is 7.85. The van der Waals surface area contributed by atoms with E-state index < -0.39 is 10.1 Å². The third-order valence-corrected chi connectivity index (χ3v) is 3.40. The second kappa shape index (κ2) is 3.92. The highest BCUT2D eigenvalue weighted by atomic mass is 32.2. The molecule has 0 saturated carbocycles. The highest BCUT2D eigenvalue weighted by Gasteiger charge is 2.03. The van der Waals surface area contributed by atoms with Crippen molar-refractivity contribution in [2.45, 2.75) is 6.61 Å². The summed E-state index contributed by atoms with van der Waals surface area (Å²) < 4.78 is 27.5. The van der Waals surface area contributed by atoms with Gasteiger partial charge in [-0.3, -0.25) is 4.18 Å². The Morgan fingerprint density at radius 3 is 2.87 bits per heavy atom. The van der Waals surface area contributed by atoms with E-state index in [0.29, 0.717) is 0 Å². The normalized spacial score (nSPS) is 12.1. The Labute approximate surface area is 92.4 Å². The summed E-state index contributed by atoms with van der Waals surface area (Å²) in [5, 5.41) is 3.13. The van der Waals surface area contributed by atoms with Crippen molar-refractivity contribution in [3.63, 3.8) is 0 Å². The molecule has 1 heterocycles. The maximum Gasteiger partial charge on any atom is 0.264 e. The first kappa shape index (κ1) is 10.6. The topological polar surface area (TPSA) is 43.4 Å². The first-order valence-corrected chi connectivity index (χ1v) is 7.05. The standard InChI is InChI=1S/C10H10O3S2/c1-15(11,12)13-7-8-2-3-10-9(6-8)4-5-14-10/h2-6H,7H2,1H3. The van der Waals surface area contributed by atoms with Gasteiger partial charge in [0, 0.05) is 4.70 Å². The lowest BCUT2D eigenvalue weighted by Crippen LogP contribution is -2.02. The van der Waals surface area contributed by atoms with Gasteiger partial charge in [0.25, 0.3) is 10.1 Å². The highest BCUT2D eigenvalue weighted by Crippen LogP contribution is 2.22. The van der Waals surface area contributed by atoms with Crippen LogP contribution in [0.3, 0.4) is 0 Å². The van der Waals surface area contributed by atoms with Crippen molar-refractivity contribution in [1.82, 2.24) is 0 Å². The van der Waals surface area contributed by atoms with Crippen molar-refractivity contribution in [3.05, 3.63) is 35.2 Å². The van der Waals surface area contributed by atoms with Crippen LogP contribution in [0.1, 0.15) is 5.56 Å². The Kier molecular flexibility index (Phi) is 2.77. The average Bonchev–Trinajstić information content (AvgIpc) is 2.60. The Hall–Kier alpha value is -0.910. The van der Waals surface area contributed by atoms with Gasteiger partial charge in [0.2, 0.25) is 0 Å². The third kappa shape index (κ3) is 2.77. The minimum absolute atomic E-state index is 0.102. The number of hydrogen-bond acceptors (Lipinski definition) is 4. The van der Waals surface area contributed by atoms with Crippen LogP contribution < -0.4 is 0 Å². The molecule has 0 bridgehead atoms. The summed E-state index contributed by atoms with van der Waals surface area (Å²) in [6.07, 6.45) is 1.05. The smallest absolute Gasteiger partial charge is 0.264 e. The zero-order valence-electron chi connectivity index (χ0n) is 8.14. The van der Waals surface area contributed by atoms with E-state index in [1.54, 1.807) is 11.3 Å². The first-order chi connectivity index (χ1) is 7.04. The molecule has 1 aromatic carbocycles. The molecule has 1 aromatic heterocycles. The van der Waals surface area contributed by atoms with Gasteiger partial charge in [-0.05, 0) is 34.5 Å². The fourth-order valence-electron chi connectivity index (χ4n) is 1.28. The van der Waals surface area contributed by atoms with Gasteiger partial charge in [0.05, 0.1) is 12.9 Å². The van der Waals surface area contributed by atoms with E-state index in [2.05, 4.69) is 0 Å². The quantitative estimate of drug-likeness (QED) is 0.776. The lowest BCUT2D eigenvalue weighted by molar-refractivity contribution is 0.312. The molecular formula is C10H10O3S2. The Morgan fingerprint density at radius 1 is 1.33 bits per heavy atom. The largest absolute Gasteiger partial charge is 0.265 e. The maximum atomic E-state index is 10.8. The predicted molar refractivity (Wildman–Crippen MR) is 61.5 cm³/mol. The number of thiophene rings is 1. The van der Waals surface area contributed by atoms with Crippen LogP contribution in [0.4, 0.5) is 0 Å². The fraction of sp³-hybridized carbons (Fsp3) is 0.200. The Bertz CT molecular complexity index is 569. The zero-order valence-corrected chi connectivity index (χ0v) is 9.77. The van der Waals surface area contributed by atoms with Crippen molar-refractivity contribution in [2.75, 3.05) is 6.26 Å². The molecule has 0 unspecified atom stereocenters. The molecule has 0 atom stereocenters. The molecule has 0 fully saturated rings. The van der Waals surface area contributed by atoms with Crippen molar-refractivity contribution in [3.8, 4) is 0 Å². The average molecular weight is 242 g/mol. The number of rotatable bonds is 3. The molecule has 0 radical (unpaired) electrons. The second-order valence-electron chi connectivity index (χ2n) is 3.26. The summed E-state index contributed by atoms with van der Waals surface area (Å²) in [5.41, 5.74) is 0.867. The molecule has 15 heavy (non-hydrogen) atoms. The van der Waals surface area contributed by atoms with Gasteiger partial charge in [0.15, 0.2) is 0 Å². The van der Waals surface area contributed by atoms with E-state index in [-0.39, 0.29) is 6.61 Å². The van der Waals surface area contributed by atoms with Crippen LogP contribution in [0.25, 0.3) is 10.1 Å². The summed E-state index contributed by atoms with van der Waals surface area (Å²) in [6.45, 7) is 0.102. The van der Waals surface area contributed by atoms with E-state index in [0.717, 1.165) is 17.2 Å². The molecule has 0 aliphatic heterocycles.